The van der Waals surface area contributed by atoms with E-state index in [2.05, 4.69) is 22.0 Å². The molecular formula is C13H20BrNO2. The van der Waals surface area contributed by atoms with Crippen molar-refractivity contribution in [3.05, 3.63) is 22.2 Å². The van der Waals surface area contributed by atoms with E-state index in [1.807, 2.05) is 6.07 Å². The molecule has 0 heterocycles. The highest BCUT2D eigenvalue weighted by Crippen LogP contribution is 2.37. The van der Waals surface area contributed by atoms with Crippen LogP contribution in [0.2, 0.25) is 0 Å². The van der Waals surface area contributed by atoms with Gasteiger partial charge in [0.1, 0.15) is 16.0 Å². The number of ether oxygens (including phenoxy) is 2. The lowest BCUT2D eigenvalue weighted by molar-refractivity contribution is 0.385. The maximum absolute atomic E-state index is 5.48. The first-order chi connectivity index (χ1) is 8.24. The monoisotopic (exact) mass is 301 g/mol. The lowest BCUT2D eigenvalue weighted by atomic mass is 10.1. The van der Waals surface area contributed by atoms with Gasteiger partial charge in [-0.25, -0.2) is 0 Å². The molecule has 3 nitrogen and oxygen atoms in total. The number of hydrogen-bond acceptors (Lipinski definition) is 3. The van der Waals surface area contributed by atoms with Crippen LogP contribution in [0.5, 0.6) is 11.5 Å². The first kappa shape index (κ1) is 14.3. The third-order valence-electron chi connectivity index (χ3n) is 2.72. The standard InChI is InChI=1S/C13H20BrNO2/c1-16-11-8-7-10(6-4-3-5-9-15)13(17-2)12(11)14/h7-8H,3-6,9,15H2,1-2H3. The largest absolute Gasteiger partial charge is 0.495 e. The predicted octanol–water partition coefficient (Wildman–Crippen LogP) is 3.14. The van der Waals surface area contributed by atoms with Crippen LogP contribution >= 0.6 is 15.9 Å². The average molecular weight is 302 g/mol. The molecule has 4 heteroatoms. The third-order valence-corrected chi connectivity index (χ3v) is 3.47. The van der Waals surface area contributed by atoms with Gasteiger partial charge in [0.05, 0.1) is 14.2 Å². The summed E-state index contributed by atoms with van der Waals surface area (Å²) in [4.78, 5) is 0. The summed E-state index contributed by atoms with van der Waals surface area (Å²) in [5, 5.41) is 0. The van der Waals surface area contributed by atoms with Gasteiger partial charge >= 0.3 is 0 Å². The fraction of sp³-hybridized carbons (Fsp3) is 0.538. The number of benzene rings is 1. The number of hydrogen-bond donors (Lipinski definition) is 1. The summed E-state index contributed by atoms with van der Waals surface area (Å²) in [7, 11) is 3.34. The quantitative estimate of drug-likeness (QED) is 0.787. The van der Waals surface area contributed by atoms with Crippen LogP contribution in [0.15, 0.2) is 16.6 Å². The van der Waals surface area contributed by atoms with Gasteiger partial charge in [0.25, 0.3) is 0 Å². The van der Waals surface area contributed by atoms with Gasteiger partial charge in [0, 0.05) is 0 Å². The lowest BCUT2D eigenvalue weighted by Crippen LogP contribution is -1.99. The van der Waals surface area contributed by atoms with E-state index in [-0.39, 0.29) is 0 Å². The van der Waals surface area contributed by atoms with E-state index in [0.29, 0.717) is 0 Å². The van der Waals surface area contributed by atoms with Crippen LogP contribution < -0.4 is 15.2 Å². The number of methoxy groups -OCH3 is 2. The molecule has 0 saturated heterocycles. The van der Waals surface area contributed by atoms with E-state index in [0.717, 1.165) is 48.2 Å². The van der Waals surface area contributed by atoms with Gasteiger partial charge in [-0.3, -0.25) is 0 Å². The highest BCUT2D eigenvalue weighted by molar-refractivity contribution is 9.10. The smallest absolute Gasteiger partial charge is 0.139 e. The van der Waals surface area contributed by atoms with Crippen LogP contribution in [0.4, 0.5) is 0 Å². The van der Waals surface area contributed by atoms with Gasteiger partial charge in [0.2, 0.25) is 0 Å². The van der Waals surface area contributed by atoms with E-state index in [1.165, 1.54) is 5.56 Å². The molecule has 0 aliphatic rings. The SMILES string of the molecule is COc1ccc(CCCCCN)c(OC)c1Br. The maximum Gasteiger partial charge on any atom is 0.139 e. The van der Waals surface area contributed by atoms with E-state index >= 15 is 0 Å². The van der Waals surface area contributed by atoms with Crippen LogP contribution in [0, 0.1) is 0 Å². The summed E-state index contributed by atoms with van der Waals surface area (Å²) in [5.41, 5.74) is 6.68. The molecular weight excluding hydrogens is 282 g/mol. The van der Waals surface area contributed by atoms with Crippen LogP contribution in [0.25, 0.3) is 0 Å². The first-order valence-electron chi connectivity index (χ1n) is 5.84. The molecule has 0 atom stereocenters. The van der Waals surface area contributed by atoms with Crippen molar-refractivity contribution in [1.82, 2.24) is 0 Å². The molecule has 17 heavy (non-hydrogen) atoms. The van der Waals surface area contributed by atoms with Crippen molar-refractivity contribution >= 4 is 15.9 Å². The van der Waals surface area contributed by atoms with Gasteiger partial charge in [-0.05, 0) is 53.4 Å². The number of aryl methyl sites for hydroxylation is 1. The topological polar surface area (TPSA) is 44.5 Å². The molecule has 1 aromatic rings. The molecule has 0 saturated carbocycles. The molecule has 0 aliphatic heterocycles. The summed E-state index contributed by atoms with van der Waals surface area (Å²) in [6.45, 7) is 0.767. The van der Waals surface area contributed by atoms with Crippen molar-refractivity contribution in [2.24, 2.45) is 5.73 Å². The van der Waals surface area contributed by atoms with E-state index in [9.17, 15) is 0 Å². The zero-order chi connectivity index (χ0) is 12.7. The Kier molecular flexibility index (Phi) is 6.37. The molecule has 0 aliphatic carbocycles. The van der Waals surface area contributed by atoms with Crippen LogP contribution in [0.3, 0.4) is 0 Å². The Morgan fingerprint density at radius 3 is 2.47 bits per heavy atom. The summed E-state index contributed by atoms with van der Waals surface area (Å²) in [6, 6.07) is 4.02. The van der Waals surface area contributed by atoms with Crippen molar-refractivity contribution in [3.8, 4) is 11.5 Å². The van der Waals surface area contributed by atoms with Gasteiger partial charge in [-0.2, -0.15) is 0 Å². The van der Waals surface area contributed by atoms with Crippen LogP contribution in [0.1, 0.15) is 24.8 Å². The second kappa shape index (κ2) is 7.56. The second-order valence-electron chi connectivity index (χ2n) is 3.87. The van der Waals surface area contributed by atoms with Gasteiger partial charge in [-0.1, -0.05) is 12.5 Å². The second-order valence-corrected chi connectivity index (χ2v) is 4.67. The Bertz CT molecular complexity index is 356. The summed E-state index contributed by atoms with van der Waals surface area (Å²) in [6.07, 6.45) is 4.38. The summed E-state index contributed by atoms with van der Waals surface area (Å²) < 4.78 is 11.6. The van der Waals surface area contributed by atoms with Gasteiger partial charge in [-0.15, -0.1) is 0 Å². The first-order valence-corrected chi connectivity index (χ1v) is 6.63. The van der Waals surface area contributed by atoms with E-state index in [4.69, 9.17) is 15.2 Å². The zero-order valence-corrected chi connectivity index (χ0v) is 12.0. The highest BCUT2D eigenvalue weighted by Gasteiger charge is 2.11. The fourth-order valence-corrected chi connectivity index (χ4v) is 2.50. The fourth-order valence-electron chi connectivity index (χ4n) is 1.79. The van der Waals surface area contributed by atoms with E-state index in [1.54, 1.807) is 14.2 Å². The third kappa shape index (κ3) is 3.89. The molecule has 0 bridgehead atoms. The van der Waals surface area contributed by atoms with Gasteiger partial charge < -0.3 is 15.2 Å². The minimum Gasteiger partial charge on any atom is -0.495 e. The Labute approximate surface area is 111 Å². The Morgan fingerprint density at radius 2 is 1.88 bits per heavy atom. The molecule has 0 fully saturated rings. The Balaban J connectivity index is 2.74. The molecule has 96 valence electrons. The van der Waals surface area contributed by atoms with Crippen molar-refractivity contribution in [2.45, 2.75) is 25.7 Å². The number of halogens is 1. The molecule has 0 aromatic heterocycles. The van der Waals surface area contributed by atoms with Crippen LogP contribution in [-0.4, -0.2) is 20.8 Å². The minimum absolute atomic E-state index is 0.767. The number of rotatable bonds is 7. The lowest BCUT2D eigenvalue weighted by Gasteiger charge is -2.13. The molecule has 0 radical (unpaired) electrons. The molecule has 0 amide bonds. The Morgan fingerprint density at radius 1 is 1.12 bits per heavy atom. The molecule has 0 unspecified atom stereocenters. The van der Waals surface area contributed by atoms with Gasteiger partial charge in [0.15, 0.2) is 0 Å². The van der Waals surface area contributed by atoms with Crippen molar-refractivity contribution in [1.29, 1.82) is 0 Å². The number of nitrogens with two attached hydrogens (primary N) is 1. The predicted molar refractivity (Wildman–Crippen MR) is 73.9 cm³/mol. The zero-order valence-electron chi connectivity index (χ0n) is 10.5. The summed E-state index contributed by atoms with van der Waals surface area (Å²) >= 11 is 3.51. The Hall–Kier alpha value is -0.740. The molecule has 1 rings (SSSR count). The summed E-state index contributed by atoms with van der Waals surface area (Å²) in [5.74, 6) is 1.67. The van der Waals surface area contributed by atoms with Crippen molar-refractivity contribution < 1.29 is 9.47 Å². The molecule has 2 N–H and O–H groups in total. The molecule has 1 aromatic carbocycles. The number of unbranched alkanes of at least 4 members (excludes halogenated alkanes) is 2. The minimum atomic E-state index is 0.767. The maximum atomic E-state index is 5.48. The highest BCUT2D eigenvalue weighted by atomic mass is 79.9. The normalized spacial score (nSPS) is 10.4. The average Bonchev–Trinajstić information content (AvgIpc) is 2.35. The van der Waals surface area contributed by atoms with Crippen LogP contribution in [-0.2, 0) is 6.42 Å². The van der Waals surface area contributed by atoms with Crippen molar-refractivity contribution in [2.75, 3.05) is 20.8 Å². The molecule has 0 spiro atoms. The van der Waals surface area contributed by atoms with Crippen molar-refractivity contribution in [3.63, 3.8) is 0 Å². The van der Waals surface area contributed by atoms with E-state index < -0.39 is 0 Å².